The standard InChI is InChI=1S/C15H21FO2.C13H18N2/c1-4-6-14(18-15(17)7-5-2)12-8-9-13(16)11(3)10-12;1-4-6-7-9-12(8-5-2)13-10-11(3)14-15-13/h8-10,14H,4-7H2,1-3H3;5-10H,4H2,1-3H3,(H,14,15)/b;7-6+,8-5-,12-9+. The molecular formula is C28H39FN2O2. The zero-order chi connectivity index (χ0) is 24.6. The summed E-state index contributed by atoms with van der Waals surface area (Å²) in [5.74, 6) is -0.410. The summed E-state index contributed by atoms with van der Waals surface area (Å²) in [4.78, 5) is 11.6. The Labute approximate surface area is 198 Å². The minimum absolute atomic E-state index is 0.182. The van der Waals surface area contributed by atoms with E-state index in [4.69, 9.17) is 4.74 Å². The predicted octanol–water partition coefficient (Wildman–Crippen LogP) is 7.96. The van der Waals surface area contributed by atoms with Gasteiger partial charge in [-0.1, -0.05) is 63.6 Å². The van der Waals surface area contributed by atoms with Crippen molar-refractivity contribution in [2.24, 2.45) is 0 Å². The van der Waals surface area contributed by atoms with E-state index in [9.17, 15) is 9.18 Å². The van der Waals surface area contributed by atoms with Crippen molar-refractivity contribution in [3.63, 3.8) is 0 Å². The van der Waals surface area contributed by atoms with Gasteiger partial charge in [0.05, 0.1) is 5.69 Å². The van der Waals surface area contributed by atoms with Gasteiger partial charge in [-0.05, 0) is 69.4 Å². The summed E-state index contributed by atoms with van der Waals surface area (Å²) < 4.78 is 18.7. The maximum atomic E-state index is 13.2. The van der Waals surface area contributed by atoms with Gasteiger partial charge in [0, 0.05) is 17.7 Å². The second-order valence-electron chi connectivity index (χ2n) is 7.92. The highest BCUT2D eigenvalue weighted by atomic mass is 19.1. The molecule has 1 aromatic heterocycles. The first-order chi connectivity index (χ1) is 15.9. The van der Waals surface area contributed by atoms with E-state index in [0.29, 0.717) is 12.0 Å². The molecule has 0 aliphatic heterocycles. The zero-order valence-corrected chi connectivity index (χ0v) is 21.0. The number of H-pyrrole nitrogens is 1. The van der Waals surface area contributed by atoms with Gasteiger partial charge in [0.15, 0.2) is 0 Å². The fourth-order valence-corrected chi connectivity index (χ4v) is 3.13. The third-order valence-corrected chi connectivity index (χ3v) is 4.83. The van der Waals surface area contributed by atoms with Crippen LogP contribution >= 0.6 is 0 Å². The van der Waals surface area contributed by atoms with Gasteiger partial charge in [-0.15, -0.1) is 0 Å². The van der Waals surface area contributed by atoms with Gasteiger partial charge in [0.1, 0.15) is 11.9 Å². The molecule has 1 heterocycles. The van der Waals surface area contributed by atoms with E-state index in [-0.39, 0.29) is 17.9 Å². The number of benzene rings is 1. The number of aromatic amines is 1. The molecule has 2 rings (SSSR count). The molecule has 0 amide bonds. The summed E-state index contributed by atoms with van der Waals surface area (Å²) >= 11 is 0. The number of aryl methyl sites for hydroxylation is 2. The topological polar surface area (TPSA) is 55.0 Å². The third-order valence-electron chi connectivity index (χ3n) is 4.83. The molecule has 1 N–H and O–H groups in total. The van der Waals surface area contributed by atoms with Gasteiger partial charge in [-0.2, -0.15) is 5.10 Å². The lowest BCUT2D eigenvalue weighted by Gasteiger charge is -2.18. The molecule has 1 atom stereocenters. The third kappa shape index (κ3) is 10.5. The smallest absolute Gasteiger partial charge is 0.306 e. The number of aromatic nitrogens is 2. The van der Waals surface area contributed by atoms with Crippen molar-refractivity contribution >= 4 is 11.5 Å². The van der Waals surface area contributed by atoms with Crippen LogP contribution in [0.2, 0.25) is 0 Å². The predicted molar refractivity (Wildman–Crippen MR) is 135 cm³/mol. The SMILES string of the molecule is CCCC(=O)OC(CCC)c1ccc(F)c(C)c1.C\C=C/C(=C\C=C\CC)c1cc(C)[nH]n1. The molecule has 2 aromatic rings. The largest absolute Gasteiger partial charge is 0.457 e. The van der Waals surface area contributed by atoms with Crippen molar-refractivity contribution in [3.8, 4) is 0 Å². The van der Waals surface area contributed by atoms with Gasteiger partial charge in [0.2, 0.25) is 0 Å². The minimum Gasteiger partial charge on any atom is -0.457 e. The molecule has 1 aromatic carbocycles. The first kappa shape index (κ1) is 28.1. The average Bonchev–Trinajstić information content (AvgIpc) is 3.22. The Kier molecular flexibility index (Phi) is 13.4. The van der Waals surface area contributed by atoms with Gasteiger partial charge in [-0.25, -0.2) is 4.39 Å². The fourth-order valence-electron chi connectivity index (χ4n) is 3.13. The second kappa shape index (κ2) is 15.8. The maximum Gasteiger partial charge on any atom is 0.306 e. The number of halogens is 1. The molecule has 4 nitrogen and oxygen atoms in total. The molecule has 0 fully saturated rings. The molecule has 5 heteroatoms. The van der Waals surface area contributed by atoms with Crippen LogP contribution in [0.5, 0.6) is 0 Å². The molecule has 0 saturated carbocycles. The van der Waals surface area contributed by atoms with Crippen molar-refractivity contribution in [1.29, 1.82) is 0 Å². The monoisotopic (exact) mass is 454 g/mol. The first-order valence-electron chi connectivity index (χ1n) is 11.8. The highest BCUT2D eigenvalue weighted by molar-refractivity contribution is 5.73. The zero-order valence-electron chi connectivity index (χ0n) is 21.0. The lowest BCUT2D eigenvalue weighted by atomic mass is 10.0. The van der Waals surface area contributed by atoms with Crippen LogP contribution in [0.15, 0.2) is 54.6 Å². The Morgan fingerprint density at radius 2 is 1.94 bits per heavy atom. The number of nitrogens with one attached hydrogen (secondary N) is 1. The summed E-state index contributed by atoms with van der Waals surface area (Å²) in [6, 6.07) is 6.93. The summed E-state index contributed by atoms with van der Waals surface area (Å²) in [6.07, 6.45) is 14.1. The Bertz CT molecular complexity index is 941. The van der Waals surface area contributed by atoms with E-state index >= 15 is 0 Å². The number of esters is 1. The van der Waals surface area contributed by atoms with E-state index in [1.807, 2.05) is 39.8 Å². The molecule has 1 unspecified atom stereocenters. The summed E-state index contributed by atoms with van der Waals surface area (Å²) in [6.45, 7) is 11.8. The maximum absolute atomic E-state index is 13.2. The summed E-state index contributed by atoms with van der Waals surface area (Å²) in [7, 11) is 0. The fraction of sp³-hybridized carbons (Fsp3) is 0.429. The van der Waals surface area contributed by atoms with Crippen LogP contribution in [0.3, 0.4) is 0 Å². The quantitative estimate of drug-likeness (QED) is 0.293. The second-order valence-corrected chi connectivity index (χ2v) is 7.92. The number of carbonyl (C=O) groups is 1. The Balaban J connectivity index is 0.000000335. The molecule has 0 bridgehead atoms. The number of allylic oxidation sites excluding steroid dienone is 6. The first-order valence-corrected chi connectivity index (χ1v) is 11.8. The lowest BCUT2D eigenvalue weighted by molar-refractivity contribution is -0.149. The number of rotatable bonds is 10. The molecule has 33 heavy (non-hydrogen) atoms. The van der Waals surface area contributed by atoms with Crippen molar-refractivity contribution in [3.05, 3.63) is 83.0 Å². The molecular weight excluding hydrogens is 415 g/mol. The summed E-state index contributed by atoms with van der Waals surface area (Å²) in [5.41, 5.74) is 4.66. The molecule has 0 saturated heterocycles. The highest BCUT2D eigenvalue weighted by Crippen LogP contribution is 2.25. The van der Waals surface area contributed by atoms with Gasteiger partial charge in [-0.3, -0.25) is 9.89 Å². The van der Waals surface area contributed by atoms with Crippen LogP contribution < -0.4 is 0 Å². The van der Waals surface area contributed by atoms with Crippen molar-refractivity contribution < 1.29 is 13.9 Å². The Hall–Kier alpha value is -2.95. The summed E-state index contributed by atoms with van der Waals surface area (Å²) in [5, 5.41) is 7.18. The van der Waals surface area contributed by atoms with E-state index < -0.39 is 0 Å². The van der Waals surface area contributed by atoms with Crippen molar-refractivity contribution in [1.82, 2.24) is 10.2 Å². The average molecular weight is 455 g/mol. The lowest BCUT2D eigenvalue weighted by Crippen LogP contribution is -2.11. The van der Waals surface area contributed by atoms with Crippen LogP contribution in [0, 0.1) is 19.7 Å². The van der Waals surface area contributed by atoms with E-state index in [0.717, 1.165) is 48.2 Å². The minimum atomic E-state index is -0.256. The van der Waals surface area contributed by atoms with Crippen molar-refractivity contribution in [2.45, 2.75) is 79.8 Å². The van der Waals surface area contributed by atoms with Gasteiger partial charge < -0.3 is 4.74 Å². The normalized spacial score (nSPS) is 12.6. The number of nitrogens with zero attached hydrogens (tertiary/aromatic N) is 1. The van der Waals surface area contributed by atoms with E-state index in [1.165, 1.54) is 6.07 Å². The number of ether oxygens (including phenoxy) is 1. The Morgan fingerprint density at radius 3 is 2.48 bits per heavy atom. The van der Waals surface area contributed by atoms with Gasteiger partial charge in [0.25, 0.3) is 0 Å². The van der Waals surface area contributed by atoms with Crippen LogP contribution in [0.25, 0.3) is 5.57 Å². The Morgan fingerprint density at radius 1 is 1.18 bits per heavy atom. The van der Waals surface area contributed by atoms with Crippen LogP contribution in [0.1, 0.15) is 88.4 Å². The van der Waals surface area contributed by atoms with Crippen LogP contribution in [0.4, 0.5) is 4.39 Å². The number of carbonyl (C=O) groups excluding carboxylic acids is 1. The molecule has 0 aliphatic rings. The van der Waals surface area contributed by atoms with Crippen LogP contribution in [-0.4, -0.2) is 16.2 Å². The molecule has 180 valence electrons. The van der Waals surface area contributed by atoms with Crippen molar-refractivity contribution in [2.75, 3.05) is 0 Å². The molecule has 0 aliphatic carbocycles. The highest BCUT2D eigenvalue weighted by Gasteiger charge is 2.16. The van der Waals surface area contributed by atoms with E-state index in [2.05, 4.69) is 41.4 Å². The van der Waals surface area contributed by atoms with Crippen LogP contribution in [-0.2, 0) is 9.53 Å². The molecule has 0 radical (unpaired) electrons. The number of hydrogen-bond acceptors (Lipinski definition) is 3. The van der Waals surface area contributed by atoms with E-state index in [1.54, 1.807) is 19.1 Å². The van der Waals surface area contributed by atoms with Gasteiger partial charge >= 0.3 is 5.97 Å². The number of hydrogen-bond donors (Lipinski definition) is 1. The molecule has 0 spiro atoms.